The Balaban J connectivity index is 2.56. The lowest BCUT2D eigenvalue weighted by Crippen LogP contribution is -2.50. The van der Waals surface area contributed by atoms with Crippen molar-refractivity contribution >= 4 is 0 Å². The Bertz CT molecular complexity index is 365. The SMILES string of the molecule is CCCNC(CCCc1ccccc1)C(C)(CC)OCC. The predicted octanol–water partition coefficient (Wildman–Crippen LogP) is 4.58. The molecule has 1 aromatic carbocycles. The molecule has 0 spiro atoms. The van der Waals surface area contributed by atoms with Crippen LogP contribution in [0.1, 0.15) is 58.9 Å². The van der Waals surface area contributed by atoms with Crippen LogP contribution >= 0.6 is 0 Å². The summed E-state index contributed by atoms with van der Waals surface area (Å²) in [5.41, 5.74) is 1.38. The third kappa shape index (κ3) is 6.19. The van der Waals surface area contributed by atoms with Gasteiger partial charge in [-0.25, -0.2) is 0 Å². The molecule has 2 unspecified atom stereocenters. The standard InChI is InChI=1S/C19H33NO/c1-5-16-20-18(19(4,6-2)21-7-3)15-11-14-17-12-9-8-10-13-17/h8-10,12-13,18,20H,5-7,11,14-16H2,1-4H3. The van der Waals surface area contributed by atoms with Crippen molar-refractivity contribution in [2.45, 2.75) is 71.4 Å². The van der Waals surface area contributed by atoms with Gasteiger partial charge in [-0.1, -0.05) is 44.2 Å². The number of rotatable bonds is 11. The topological polar surface area (TPSA) is 21.3 Å². The molecule has 2 nitrogen and oxygen atoms in total. The Hall–Kier alpha value is -0.860. The van der Waals surface area contributed by atoms with Gasteiger partial charge in [-0.2, -0.15) is 0 Å². The van der Waals surface area contributed by atoms with Crippen molar-refractivity contribution in [3.63, 3.8) is 0 Å². The molecule has 0 aliphatic heterocycles. The Morgan fingerprint density at radius 3 is 2.43 bits per heavy atom. The van der Waals surface area contributed by atoms with Crippen LogP contribution in [-0.2, 0) is 11.2 Å². The van der Waals surface area contributed by atoms with E-state index in [9.17, 15) is 0 Å². The molecule has 0 bridgehead atoms. The maximum Gasteiger partial charge on any atom is 0.0803 e. The van der Waals surface area contributed by atoms with Gasteiger partial charge in [0.15, 0.2) is 0 Å². The third-order valence-corrected chi connectivity index (χ3v) is 4.36. The smallest absolute Gasteiger partial charge is 0.0803 e. The molecule has 0 fully saturated rings. The summed E-state index contributed by atoms with van der Waals surface area (Å²) < 4.78 is 6.08. The van der Waals surface area contributed by atoms with Gasteiger partial charge in [-0.15, -0.1) is 0 Å². The molecule has 1 N–H and O–H groups in total. The van der Waals surface area contributed by atoms with Crippen molar-refractivity contribution in [1.82, 2.24) is 5.32 Å². The minimum Gasteiger partial charge on any atom is -0.374 e. The van der Waals surface area contributed by atoms with Gasteiger partial charge in [0.25, 0.3) is 0 Å². The van der Waals surface area contributed by atoms with Crippen molar-refractivity contribution in [3.8, 4) is 0 Å². The summed E-state index contributed by atoms with van der Waals surface area (Å²) >= 11 is 0. The monoisotopic (exact) mass is 291 g/mol. The first-order valence-corrected chi connectivity index (χ1v) is 8.57. The van der Waals surface area contributed by atoms with E-state index in [0.717, 1.165) is 26.0 Å². The van der Waals surface area contributed by atoms with E-state index in [4.69, 9.17) is 4.74 Å². The van der Waals surface area contributed by atoms with Crippen LogP contribution in [0.2, 0.25) is 0 Å². The van der Waals surface area contributed by atoms with Crippen molar-refractivity contribution in [2.75, 3.05) is 13.2 Å². The zero-order chi connectivity index (χ0) is 15.6. The highest BCUT2D eigenvalue weighted by atomic mass is 16.5. The first-order chi connectivity index (χ1) is 10.2. The second-order valence-corrected chi connectivity index (χ2v) is 5.98. The van der Waals surface area contributed by atoms with Gasteiger partial charge < -0.3 is 10.1 Å². The summed E-state index contributed by atoms with van der Waals surface area (Å²) in [6.45, 7) is 10.7. The second-order valence-electron chi connectivity index (χ2n) is 5.98. The van der Waals surface area contributed by atoms with Crippen LogP contribution in [0.15, 0.2) is 30.3 Å². The molecule has 2 heteroatoms. The highest BCUT2D eigenvalue weighted by molar-refractivity contribution is 5.14. The first-order valence-electron chi connectivity index (χ1n) is 8.57. The predicted molar refractivity (Wildman–Crippen MR) is 91.8 cm³/mol. The Labute approximate surface area is 131 Å². The van der Waals surface area contributed by atoms with E-state index >= 15 is 0 Å². The lowest BCUT2D eigenvalue weighted by Gasteiger charge is -2.37. The number of benzene rings is 1. The summed E-state index contributed by atoms with van der Waals surface area (Å²) in [6, 6.07) is 11.2. The molecular weight excluding hydrogens is 258 g/mol. The van der Waals surface area contributed by atoms with Gasteiger partial charge in [0, 0.05) is 12.6 Å². The largest absolute Gasteiger partial charge is 0.374 e. The van der Waals surface area contributed by atoms with E-state index < -0.39 is 0 Å². The average Bonchev–Trinajstić information content (AvgIpc) is 2.51. The molecule has 0 saturated carbocycles. The van der Waals surface area contributed by atoms with Crippen LogP contribution in [0.4, 0.5) is 0 Å². The second kappa shape index (κ2) is 9.97. The van der Waals surface area contributed by atoms with Gasteiger partial charge in [-0.3, -0.25) is 0 Å². The average molecular weight is 291 g/mol. The number of hydrogen-bond acceptors (Lipinski definition) is 2. The van der Waals surface area contributed by atoms with E-state index in [1.165, 1.54) is 24.8 Å². The zero-order valence-corrected chi connectivity index (χ0v) is 14.3. The molecule has 21 heavy (non-hydrogen) atoms. The fraction of sp³-hybridized carbons (Fsp3) is 0.684. The fourth-order valence-electron chi connectivity index (χ4n) is 2.88. The Morgan fingerprint density at radius 2 is 1.86 bits per heavy atom. The molecule has 0 saturated heterocycles. The third-order valence-electron chi connectivity index (χ3n) is 4.36. The highest BCUT2D eigenvalue weighted by Crippen LogP contribution is 2.24. The van der Waals surface area contributed by atoms with Crippen LogP contribution in [0.5, 0.6) is 0 Å². The number of hydrogen-bond donors (Lipinski definition) is 1. The summed E-state index contributed by atoms with van der Waals surface area (Å²) in [6.07, 6.45) is 5.74. The van der Waals surface area contributed by atoms with Crippen LogP contribution in [0.3, 0.4) is 0 Å². The van der Waals surface area contributed by atoms with Crippen molar-refractivity contribution in [2.24, 2.45) is 0 Å². The fourth-order valence-corrected chi connectivity index (χ4v) is 2.88. The Kier molecular flexibility index (Phi) is 8.63. The molecule has 0 heterocycles. The summed E-state index contributed by atoms with van der Waals surface area (Å²) in [7, 11) is 0. The first kappa shape index (κ1) is 18.2. The molecular formula is C19H33NO. The molecule has 0 radical (unpaired) electrons. The number of ether oxygens (including phenoxy) is 1. The van der Waals surface area contributed by atoms with Crippen molar-refractivity contribution in [3.05, 3.63) is 35.9 Å². The number of aryl methyl sites for hydroxylation is 1. The van der Waals surface area contributed by atoms with Crippen LogP contribution in [0, 0.1) is 0 Å². The summed E-state index contributed by atoms with van der Waals surface area (Å²) in [4.78, 5) is 0. The van der Waals surface area contributed by atoms with Crippen LogP contribution < -0.4 is 5.32 Å². The zero-order valence-electron chi connectivity index (χ0n) is 14.3. The normalized spacial score (nSPS) is 15.6. The van der Waals surface area contributed by atoms with E-state index in [2.05, 4.69) is 63.3 Å². The van der Waals surface area contributed by atoms with Crippen molar-refractivity contribution in [1.29, 1.82) is 0 Å². The van der Waals surface area contributed by atoms with Crippen LogP contribution in [-0.4, -0.2) is 24.8 Å². The van der Waals surface area contributed by atoms with Gasteiger partial charge in [-0.05, 0) is 58.1 Å². The molecule has 0 aliphatic rings. The van der Waals surface area contributed by atoms with Crippen LogP contribution in [0.25, 0.3) is 0 Å². The minimum atomic E-state index is -0.0550. The lowest BCUT2D eigenvalue weighted by molar-refractivity contribution is -0.0572. The maximum absolute atomic E-state index is 6.08. The van der Waals surface area contributed by atoms with Gasteiger partial charge >= 0.3 is 0 Å². The molecule has 0 aromatic heterocycles. The highest BCUT2D eigenvalue weighted by Gasteiger charge is 2.32. The van der Waals surface area contributed by atoms with E-state index in [1.807, 2.05) is 0 Å². The van der Waals surface area contributed by atoms with E-state index in [0.29, 0.717) is 6.04 Å². The molecule has 1 aromatic rings. The Morgan fingerprint density at radius 1 is 1.14 bits per heavy atom. The van der Waals surface area contributed by atoms with Gasteiger partial charge in [0.1, 0.15) is 0 Å². The molecule has 1 rings (SSSR count). The molecule has 120 valence electrons. The maximum atomic E-state index is 6.08. The van der Waals surface area contributed by atoms with Gasteiger partial charge in [0.05, 0.1) is 5.60 Å². The quantitative estimate of drug-likeness (QED) is 0.644. The molecule has 0 amide bonds. The van der Waals surface area contributed by atoms with Crippen molar-refractivity contribution < 1.29 is 4.74 Å². The summed E-state index contributed by atoms with van der Waals surface area (Å²) in [5.74, 6) is 0. The van der Waals surface area contributed by atoms with Gasteiger partial charge in [0.2, 0.25) is 0 Å². The molecule has 2 atom stereocenters. The lowest BCUT2D eigenvalue weighted by atomic mass is 9.88. The summed E-state index contributed by atoms with van der Waals surface area (Å²) in [5, 5.41) is 3.71. The van der Waals surface area contributed by atoms with E-state index in [-0.39, 0.29) is 5.60 Å². The van der Waals surface area contributed by atoms with E-state index in [1.54, 1.807) is 0 Å². The minimum absolute atomic E-state index is 0.0550. The molecule has 0 aliphatic carbocycles. The number of nitrogens with one attached hydrogen (secondary N) is 1.